The summed E-state index contributed by atoms with van der Waals surface area (Å²) in [5.74, 6) is -0.420. The highest BCUT2D eigenvalue weighted by Gasteiger charge is 2.33. The highest BCUT2D eigenvalue weighted by atomic mass is 16.2. The molecule has 0 radical (unpaired) electrons. The van der Waals surface area contributed by atoms with Crippen LogP contribution in [0, 0.1) is 0 Å². The maximum atomic E-state index is 11.8. The van der Waals surface area contributed by atoms with Gasteiger partial charge in [0, 0.05) is 12.1 Å². The molecule has 0 aromatic rings. The number of hydrogen-bond donors (Lipinski definition) is 2. The van der Waals surface area contributed by atoms with E-state index in [0.29, 0.717) is 13.0 Å². The lowest BCUT2D eigenvalue weighted by molar-refractivity contribution is -0.121. The van der Waals surface area contributed by atoms with Gasteiger partial charge < -0.3 is 16.0 Å². The van der Waals surface area contributed by atoms with Gasteiger partial charge in [0.15, 0.2) is 0 Å². The van der Waals surface area contributed by atoms with Crippen molar-refractivity contribution in [3.63, 3.8) is 0 Å². The van der Waals surface area contributed by atoms with Crippen molar-refractivity contribution in [3.05, 3.63) is 0 Å². The number of carbonyl (C=O) groups is 2. The number of carbonyl (C=O) groups excluding carboxylic acids is 2. The highest BCUT2D eigenvalue weighted by molar-refractivity contribution is 5.86. The maximum absolute atomic E-state index is 11.8. The van der Waals surface area contributed by atoms with Gasteiger partial charge in [-0.3, -0.25) is 4.79 Å². The fourth-order valence-corrected chi connectivity index (χ4v) is 1.70. The Bertz CT molecular complexity index is 270. The molecule has 0 aromatic heterocycles. The normalized spacial score (nSPS) is 21.5. The molecule has 1 rings (SSSR count). The zero-order valence-corrected chi connectivity index (χ0v) is 9.54. The summed E-state index contributed by atoms with van der Waals surface area (Å²) in [7, 11) is 0. The first-order valence-corrected chi connectivity index (χ1v) is 5.19. The molecule has 1 heterocycles. The van der Waals surface area contributed by atoms with Gasteiger partial charge in [-0.25, -0.2) is 4.79 Å². The minimum absolute atomic E-state index is 0.205. The van der Waals surface area contributed by atoms with Crippen molar-refractivity contribution in [1.29, 1.82) is 0 Å². The van der Waals surface area contributed by atoms with Crippen LogP contribution < -0.4 is 11.1 Å². The molecule has 3 N–H and O–H groups in total. The van der Waals surface area contributed by atoms with Crippen LogP contribution in [0.5, 0.6) is 0 Å². The summed E-state index contributed by atoms with van der Waals surface area (Å²) in [4.78, 5) is 24.4. The maximum Gasteiger partial charge on any atom is 0.318 e. The molecule has 1 saturated heterocycles. The lowest BCUT2D eigenvalue weighted by atomic mass is 10.1. The highest BCUT2D eigenvalue weighted by Crippen LogP contribution is 2.17. The van der Waals surface area contributed by atoms with Gasteiger partial charge >= 0.3 is 6.03 Å². The fraction of sp³-hybridized carbons (Fsp3) is 0.800. The van der Waals surface area contributed by atoms with Crippen molar-refractivity contribution in [2.45, 2.75) is 45.2 Å². The van der Waals surface area contributed by atoms with Gasteiger partial charge in [-0.15, -0.1) is 0 Å². The molecule has 0 aliphatic carbocycles. The zero-order chi connectivity index (χ0) is 11.6. The smallest absolute Gasteiger partial charge is 0.318 e. The summed E-state index contributed by atoms with van der Waals surface area (Å²) in [6.45, 7) is 6.32. The Hall–Kier alpha value is -1.26. The van der Waals surface area contributed by atoms with Crippen LogP contribution in [0.2, 0.25) is 0 Å². The number of rotatable bonds is 1. The molecule has 1 aliphatic heterocycles. The fourth-order valence-electron chi connectivity index (χ4n) is 1.70. The minimum atomic E-state index is -0.438. The van der Waals surface area contributed by atoms with Crippen molar-refractivity contribution in [2.75, 3.05) is 6.54 Å². The van der Waals surface area contributed by atoms with Crippen LogP contribution >= 0.6 is 0 Å². The van der Waals surface area contributed by atoms with E-state index < -0.39 is 11.9 Å². The van der Waals surface area contributed by atoms with Crippen LogP contribution in [0.25, 0.3) is 0 Å². The molecular formula is C10H19N3O2. The summed E-state index contributed by atoms with van der Waals surface area (Å²) in [5, 5.41) is 2.83. The van der Waals surface area contributed by atoms with Gasteiger partial charge in [0.1, 0.15) is 6.04 Å². The third-order valence-corrected chi connectivity index (χ3v) is 2.32. The van der Waals surface area contributed by atoms with Crippen LogP contribution in [-0.2, 0) is 4.79 Å². The molecule has 1 aliphatic rings. The molecule has 0 saturated carbocycles. The Balaban J connectivity index is 2.63. The quantitative estimate of drug-likeness (QED) is 0.663. The number of hydrogen-bond acceptors (Lipinski definition) is 2. The Labute approximate surface area is 90.0 Å². The molecule has 1 fully saturated rings. The lowest BCUT2D eigenvalue weighted by Gasteiger charge is -2.28. The van der Waals surface area contributed by atoms with Crippen LogP contribution in [0.4, 0.5) is 4.79 Å². The molecule has 5 heteroatoms. The van der Waals surface area contributed by atoms with Gasteiger partial charge in [0.2, 0.25) is 5.91 Å². The van der Waals surface area contributed by atoms with Crippen LogP contribution in [-0.4, -0.2) is 35.0 Å². The number of urea groups is 1. The predicted molar refractivity (Wildman–Crippen MR) is 57.2 cm³/mol. The van der Waals surface area contributed by atoms with Crippen LogP contribution in [0.1, 0.15) is 33.6 Å². The monoisotopic (exact) mass is 213 g/mol. The van der Waals surface area contributed by atoms with E-state index >= 15 is 0 Å². The van der Waals surface area contributed by atoms with E-state index in [1.54, 1.807) is 0 Å². The number of likely N-dealkylation sites (tertiary alicyclic amines) is 1. The summed E-state index contributed by atoms with van der Waals surface area (Å²) in [6, 6.07) is -0.642. The summed E-state index contributed by atoms with van der Waals surface area (Å²) < 4.78 is 0. The third-order valence-electron chi connectivity index (χ3n) is 2.32. The molecule has 15 heavy (non-hydrogen) atoms. The topological polar surface area (TPSA) is 75.4 Å². The van der Waals surface area contributed by atoms with Gasteiger partial charge in [0.05, 0.1) is 0 Å². The number of primary amides is 1. The SMILES string of the molecule is CC(C)(C)NC(=O)N1CCCC1C(N)=O. The number of nitrogens with two attached hydrogens (primary N) is 1. The van der Waals surface area contributed by atoms with E-state index in [4.69, 9.17) is 5.73 Å². The average Bonchev–Trinajstić information content (AvgIpc) is 2.47. The van der Waals surface area contributed by atoms with Gasteiger partial charge in [0.25, 0.3) is 0 Å². The van der Waals surface area contributed by atoms with E-state index in [1.807, 2.05) is 20.8 Å². The average molecular weight is 213 g/mol. The summed E-state index contributed by atoms with van der Waals surface area (Å²) >= 11 is 0. The standard InChI is InChI=1S/C10H19N3O2/c1-10(2,3)12-9(15)13-6-4-5-7(13)8(11)14/h7H,4-6H2,1-3H3,(H2,11,14)(H,12,15). The van der Waals surface area contributed by atoms with Crippen molar-refractivity contribution < 1.29 is 9.59 Å². The first kappa shape index (κ1) is 11.8. The zero-order valence-electron chi connectivity index (χ0n) is 9.54. The van der Waals surface area contributed by atoms with E-state index in [2.05, 4.69) is 5.32 Å². The Morgan fingerprint density at radius 3 is 2.47 bits per heavy atom. The predicted octanol–water partition coefficient (Wildman–Crippen LogP) is 0.444. The second-order valence-corrected chi connectivity index (χ2v) is 4.93. The number of amides is 3. The van der Waals surface area contributed by atoms with Crippen molar-refractivity contribution >= 4 is 11.9 Å². The minimum Gasteiger partial charge on any atom is -0.368 e. The third kappa shape index (κ3) is 3.11. The summed E-state index contributed by atoms with van der Waals surface area (Å²) in [6.07, 6.45) is 1.51. The van der Waals surface area contributed by atoms with E-state index in [9.17, 15) is 9.59 Å². The van der Waals surface area contributed by atoms with Crippen LogP contribution in [0.3, 0.4) is 0 Å². The van der Waals surface area contributed by atoms with E-state index in [-0.39, 0.29) is 11.6 Å². The first-order valence-electron chi connectivity index (χ1n) is 5.19. The molecule has 0 bridgehead atoms. The van der Waals surface area contributed by atoms with Crippen LogP contribution in [0.15, 0.2) is 0 Å². The van der Waals surface area contributed by atoms with E-state index in [1.165, 1.54) is 4.90 Å². The molecule has 3 amide bonds. The molecule has 86 valence electrons. The molecule has 1 atom stereocenters. The number of nitrogens with one attached hydrogen (secondary N) is 1. The van der Waals surface area contributed by atoms with Crippen molar-refractivity contribution in [2.24, 2.45) is 5.73 Å². The molecule has 5 nitrogen and oxygen atoms in total. The van der Waals surface area contributed by atoms with Crippen molar-refractivity contribution in [3.8, 4) is 0 Å². The molecule has 1 unspecified atom stereocenters. The van der Waals surface area contributed by atoms with Crippen molar-refractivity contribution in [1.82, 2.24) is 10.2 Å². The van der Waals surface area contributed by atoms with E-state index in [0.717, 1.165) is 6.42 Å². The molecule has 0 aromatic carbocycles. The number of nitrogens with zero attached hydrogens (tertiary/aromatic N) is 1. The second kappa shape index (κ2) is 4.08. The lowest BCUT2D eigenvalue weighted by Crippen LogP contribution is -2.52. The van der Waals surface area contributed by atoms with Gasteiger partial charge in [-0.2, -0.15) is 0 Å². The van der Waals surface area contributed by atoms with Gasteiger partial charge in [-0.1, -0.05) is 0 Å². The molecule has 0 spiro atoms. The largest absolute Gasteiger partial charge is 0.368 e. The summed E-state index contributed by atoms with van der Waals surface area (Å²) in [5.41, 5.74) is 4.94. The van der Waals surface area contributed by atoms with Gasteiger partial charge in [-0.05, 0) is 33.6 Å². The Kier molecular flexibility index (Phi) is 3.21. The second-order valence-electron chi connectivity index (χ2n) is 4.93. The Morgan fingerprint density at radius 2 is 2.00 bits per heavy atom. The Morgan fingerprint density at radius 1 is 1.40 bits per heavy atom. The first-order chi connectivity index (χ1) is 6.81. The molecular weight excluding hydrogens is 194 g/mol.